The molecule has 1 amide bonds. The topological polar surface area (TPSA) is 114 Å². The van der Waals surface area contributed by atoms with Gasteiger partial charge in [-0.25, -0.2) is 4.63 Å². The van der Waals surface area contributed by atoms with E-state index in [0.717, 1.165) is 18.5 Å². The number of amides is 1. The quantitative estimate of drug-likeness (QED) is 0.852. The maximum absolute atomic E-state index is 12.5. The molecule has 0 unspecified atom stereocenters. The molecule has 128 valence electrons. The van der Waals surface area contributed by atoms with Crippen LogP contribution in [0.2, 0.25) is 0 Å². The molecule has 0 aromatic carbocycles. The van der Waals surface area contributed by atoms with E-state index >= 15 is 0 Å². The zero-order valence-electron chi connectivity index (χ0n) is 13.4. The van der Waals surface area contributed by atoms with Crippen LogP contribution in [-0.2, 0) is 22.6 Å². The van der Waals surface area contributed by atoms with Crippen LogP contribution in [0.1, 0.15) is 35.8 Å². The van der Waals surface area contributed by atoms with Gasteiger partial charge in [-0.3, -0.25) is 14.3 Å². The summed E-state index contributed by atoms with van der Waals surface area (Å²) in [7, 11) is 0. The molecule has 1 saturated heterocycles. The molecule has 2 aromatic rings. The third kappa shape index (κ3) is 3.61. The number of carbonyl (C=O) groups excluding carboxylic acids is 1. The number of nitrogens with zero attached hydrogens (tertiary/aromatic N) is 5. The van der Waals surface area contributed by atoms with Gasteiger partial charge in [0.25, 0.3) is 0 Å². The van der Waals surface area contributed by atoms with Crippen molar-refractivity contribution in [1.29, 1.82) is 0 Å². The molecular formula is C15H19N5O4. The van der Waals surface area contributed by atoms with Gasteiger partial charge >= 0.3 is 5.97 Å². The Morgan fingerprint density at radius 1 is 1.42 bits per heavy atom. The molecule has 0 saturated carbocycles. The van der Waals surface area contributed by atoms with Crippen molar-refractivity contribution < 1.29 is 19.3 Å². The zero-order valence-corrected chi connectivity index (χ0v) is 13.4. The summed E-state index contributed by atoms with van der Waals surface area (Å²) in [6.45, 7) is 2.88. The molecule has 3 heterocycles. The van der Waals surface area contributed by atoms with Crippen molar-refractivity contribution in [1.82, 2.24) is 25.0 Å². The monoisotopic (exact) mass is 333 g/mol. The lowest BCUT2D eigenvalue weighted by Gasteiger charge is -2.32. The summed E-state index contributed by atoms with van der Waals surface area (Å²) < 4.78 is 6.03. The molecule has 0 bridgehead atoms. The molecule has 24 heavy (non-hydrogen) atoms. The Morgan fingerprint density at radius 3 is 2.96 bits per heavy atom. The number of aliphatic carboxylic acids is 1. The highest BCUT2D eigenvalue weighted by Gasteiger charge is 2.27. The number of hydrogen-bond donors (Lipinski definition) is 1. The highest BCUT2D eigenvalue weighted by Crippen LogP contribution is 2.26. The first kappa shape index (κ1) is 16.2. The maximum atomic E-state index is 12.5. The molecule has 9 heteroatoms. The Morgan fingerprint density at radius 2 is 2.25 bits per heavy atom. The van der Waals surface area contributed by atoms with Crippen molar-refractivity contribution in [3.63, 3.8) is 0 Å². The van der Waals surface area contributed by atoms with Crippen molar-refractivity contribution >= 4 is 11.9 Å². The Balaban J connectivity index is 1.63. The summed E-state index contributed by atoms with van der Waals surface area (Å²) in [5.74, 6) is -0.820. The predicted octanol–water partition coefficient (Wildman–Crippen LogP) is 0.608. The van der Waals surface area contributed by atoms with Crippen LogP contribution in [0.4, 0.5) is 0 Å². The van der Waals surface area contributed by atoms with Gasteiger partial charge in [-0.2, -0.15) is 5.10 Å². The van der Waals surface area contributed by atoms with Crippen molar-refractivity contribution in [2.45, 2.75) is 38.6 Å². The van der Waals surface area contributed by atoms with Gasteiger partial charge in [0.05, 0.1) is 12.1 Å². The number of carboxylic acids is 1. The minimum absolute atomic E-state index is 0.0107. The van der Waals surface area contributed by atoms with E-state index in [4.69, 9.17) is 5.11 Å². The van der Waals surface area contributed by atoms with Crippen LogP contribution in [0.15, 0.2) is 16.9 Å². The summed E-state index contributed by atoms with van der Waals surface area (Å²) in [6.07, 6.45) is 3.65. The minimum atomic E-state index is -0.929. The Labute approximate surface area is 138 Å². The first-order valence-corrected chi connectivity index (χ1v) is 7.84. The van der Waals surface area contributed by atoms with Gasteiger partial charge < -0.3 is 10.0 Å². The third-order valence-corrected chi connectivity index (χ3v) is 4.22. The van der Waals surface area contributed by atoms with Crippen LogP contribution in [0, 0.1) is 6.92 Å². The highest BCUT2D eigenvalue weighted by atomic mass is 16.6. The van der Waals surface area contributed by atoms with E-state index in [0.29, 0.717) is 24.5 Å². The zero-order chi connectivity index (χ0) is 17.1. The van der Waals surface area contributed by atoms with Crippen molar-refractivity contribution in [2.24, 2.45) is 0 Å². The molecule has 0 aliphatic carbocycles. The van der Waals surface area contributed by atoms with E-state index in [1.54, 1.807) is 18.0 Å². The van der Waals surface area contributed by atoms with Gasteiger partial charge in [0.2, 0.25) is 5.91 Å². The second-order valence-electron chi connectivity index (χ2n) is 5.98. The first-order chi connectivity index (χ1) is 11.5. The molecule has 1 fully saturated rings. The molecule has 2 aromatic heterocycles. The number of carboxylic acid groups (broad SMARTS) is 1. The minimum Gasteiger partial charge on any atom is -0.480 e. The molecular weight excluding hydrogens is 314 g/mol. The standard InChI is InChI=1S/C15H19N5O4/c1-10-13(18-24-17-10)7-14(21)19-5-2-3-11(8-19)12-4-6-20(16-12)9-15(22)23/h4,6,11H,2-3,5,7-9H2,1H3,(H,22,23)/t11-/m0/s1. The second kappa shape index (κ2) is 6.81. The fraction of sp³-hybridized carbons (Fsp3) is 0.533. The molecule has 0 spiro atoms. The molecule has 1 aliphatic heterocycles. The highest BCUT2D eigenvalue weighted by molar-refractivity contribution is 5.78. The average Bonchev–Trinajstić information content (AvgIpc) is 3.17. The lowest BCUT2D eigenvalue weighted by Crippen LogP contribution is -2.40. The average molecular weight is 333 g/mol. The van der Waals surface area contributed by atoms with Gasteiger partial charge in [0, 0.05) is 25.2 Å². The van der Waals surface area contributed by atoms with Crippen LogP contribution >= 0.6 is 0 Å². The lowest BCUT2D eigenvalue weighted by atomic mass is 9.94. The van der Waals surface area contributed by atoms with E-state index in [2.05, 4.69) is 20.0 Å². The van der Waals surface area contributed by atoms with Crippen molar-refractivity contribution in [3.05, 3.63) is 29.3 Å². The first-order valence-electron chi connectivity index (χ1n) is 7.84. The predicted molar refractivity (Wildman–Crippen MR) is 81.2 cm³/mol. The SMILES string of the molecule is Cc1nonc1CC(=O)N1CCC[C@H](c2ccn(CC(=O)O)n2)C1. The van der Waals surface area contributed by atoms with Gasteiger partial charge in [-0.05, 0) is 25.8 Å². The fourth-order valence-electron chi connectivity index (χ4n) is 2.93. The smallest absolute Gasteiger partial charge is 0.325 e. The fourth-order valence-corrected chi connectivity index (χ4v) is 2.93. The Hall–Kier alpha value is -2.71. The number of aryl methyl sites for hydroxylation is 1. The number of likely N-dealkylation sites (tertiary alicyclic amines) is 1. The summed E-state index contributed by atoms with van der Waals surface area (Å²) in [6, 6.07) is 1.83. The molecule has 1 N–H and O–H groups in total. The van der Waals surface area contributed by atoms with E-state index in [9.17, 15) is 9.59 Å². The van der Waals surface area contributed by atoms with Crippen molar-refractivity contribution in [2.75, 3.05) is 13.1 Å². The second-order valence-corrected chi connectivity index (χ2v) is 5.98. The number of rotatable bonds is 5. The van der Waals surface area contributed by atoms with Crippen LogP contribution in [0.25, 0.3) is 0 Å². The van der Waals surface area contributed by atoms with Crippen LogP contribution in [0.5, 0.6) is 0 Å². The van der Waals surface area contributed by atoms with Crippen LogP contribution < -0.4 is 0 Å². The van der Waals surface area contributed by atoms with E-state index in [-0.39, 0.29) is 24.8 Å². The molecule has 0 radical (unpaired) electrons. The molecule has 1 atom stereocenters. The van der Waals surface area contributed by atoms with E-state index < -0.39 is 5.97 Å². The van der Waals surface area contributed by atoms with Gasteiger partial charge in [-0.1, -0.05) is 10.3 Å². The largest absolute Gasteiger partial charge is 0.480 e. The maximum Gasteiger partial charge on any atom is 0.325 e. The van der Waals surface area contributed by atoms with Gasteiger partial charge in [0.1, 0.15) is 17.9 Å². The summed E-state index contributed by atoms with van der Waals surface area (Å²) in [5.41, 5.74) is 2.02. The van der Waals surface area contributed by atoms with E-state index in [1.165, 1.54) is 4.68 Å². The van der Waals surface area contributed by atoms with Gasteiger partial charge in [-0.15, -0.1) is 0 Å². The normalized spacial score (nSPS) is 17.9. The summed E-state index contributed by atoms with van der Waals surface area (Å²) >= 11 is 0. The van der Waals surface area contributed by atoms with E-state index in [1.807, 2.05) is 6.07 Å². The molecule has 1 aliphatic rings. The Bertz CT molecular complexity index is 738. The number of aromatic nitrogens is 4. The lowest BCUT2D eigenvalue weighted by molar-refractivity contribution is -0.138. The Kier molecular flexibility index (Phi) is 4.59. The molecule has 3 rings (SSSR count). The molecule has 9 nitrogen and oxygen atoms in total. The van der Waals surface area contributed by atoms with Crippen LogP contribution in [0.3, 0.4) is 0 Å². The van der Waals surface area contributed by atoms with Gasteiger partial charge in [0.15, 0.2) is 0 Å². The van der Waals surface area contributed by atoms with Crippen molar-refractivity contribution in [3.8, 4) is 0 Å². The third-order valence-electron chi connectivity index (χ3n) is 4.22. The number of piperidine rings is 1. The summed E-state index contributed by atoms with van der Waals surface area (Å²) in [4.78, 5) is 25.0. The number of hydrogen-bond acceptors (Lipinski definition) is 6. The number of carbonyl (C=O) groups is 2. The van der Waals surface area contributed by atoms with Crippen LogP contribution in [-0.4, -0.2) is 55.1 Å². The summed E-state index contributed by atoms with van der Waals surface area (Å²) in [5, 5.41) is 20.6.